The van der Waals surface area contributed by atoms with Crippen LogP contribution in [0.4, 0.5) is 0 Å². The van der Waals surface area contributed by atoms with Crippen molar-refractivity contribution < 1.29 is 23.5 Å². The Morgan fingerprint density at radius 3 is 1.76 bits per heavy atom. The third-order valence-electron chi connectivity index (χ3n) is 7.12. The van der Waals surface area contributed by atoms with E-state index in [1.807, 2.05) is 6.07 Å². The summed E-state index contributed by atoms with van der Waals surface area (Å²) in [6.07, 6.45) is 20.2. The minimum absolute atomic E-state index is 0.0972. The molecular formula is C35H49NO5. The first-order chi connectivity index (χ1) is 20.1. The molecule has 1 aromatic heterocycles. The van der Waals surface area contributed by atoms with Crippen molar-refractivity contribution in [3.8, 4) is 17.4 Å². The lowest BCUT2D eigenvalue weighted by molar-refractivity contribution is -0.138. The molecule has 0 unspecified atom stereocenters. The molecule has 6 nitrogen and oxygen atoms in total. The van der Waals surface area contributed by atoms with Crippen LogP contribution in [0.5, 0.6) is 0 Å². The second-order valence-electron chi connectivity index (χ2n) is 10.7. The molecule has 1 aromatic carbocycles. The Labute approximate surface area is 247 Å². The average molecular weight is 564 g/mol. The van der Waals surface area contributed by atoms with Crippen molar-refractivity contribution in [1.29, 1.82) is 5.26 Å². The Hall–Kier alpha value is -3.33. The molecule has 0 spiro atoms. The summed E-state index contributed by atoms with van der Waals surface area (Å²) in [5, 5.41) is 9.45. The van der Waals surface area contributed by atoms with E-state index in [4.69, 9.17) is 13.9 Å². The van der Waals surface area contributed by atoms with E-state index < -0.39 is 5.97 Å². The van der Waals surface area contributed by atoms with E-state index in [2.05, 4.69) is 13.8 Å². The fourth-order valence-corrected chi connectivity index (χ4v) is 4.60. The fourth-order valence-electron chi connectivity index (χ4n) is 4.60. The van der Waals surface area contributed by atoms with Gasteiger partial charge in [0.05, 0.1) is 18.8 Å². The standard InChI is InChI=1S/C35H49NO5/c1-3-5-7-9-11-13-15-17-25-39-34(37)30-21-19-29(20-22-30)33-24-23-32(41-33)27-31(28-36)35(38)40-26-18-16-14-12-10-8-6-4-2/h19-24,27H,3-18,25-26H2,1-2H3/b31-27+. The molecule has 0 saturated carbocycles. The number of nitriles is 1. The SMILES string of the molecule is CCCCCCCCCCOC(=O)/C(C#N)=C/c1ccc(-c2ccc(C(=O)OCCCCCCCCCC)cc2)o1. The molecule has 0 bridgehead atoms. The van der Waals surface area contributed by atoms with Crippen LogP contribution in [0.1, 0.15) is 133 Å². The van der Waals surface area contributed by atoms with Crippen molar-refractivity contribution in [3.63, 3.8) is 0 Å². The van der Waals surface area contributed by atoms with Gasteiger partial charge in [0.1, 0.15) is 23.2 Å². The molecule has 0 aliphatic rings. The van der Waals surface area contributed by atoms with Crippen LogP contribution in [0.15, 0.2) is 46.4 Å². The highest BCUT2D eigenvalue weighted by atomic mass is 16.5. The lowest BCUT2D eigenvalue weighted by Crippen LogP contribution is -2.07. The predicted octanol–water partition coefficient (Wildman–Crippen LogP) is 9.83. The normalized spacial score (nSPS) is 11.3. The summed E-state index contributed by atoms with van der Waals surface area (Å²) < 4.78 is 16.5. The third-order valence-corrected chi connectivity index (χ3v) is 7.12. The zero-order valence-corrected chi connectivity index (χ0v) is 25.3. The van der Waals surface area contributed by atoms with E-state index in [1.165, 1.54) is 76.7 Å². The highest BCUT2D eigenvalue weighted by Gasteiger charge is 2.13. The van der Waals surface area contributed by atoms with Crippen LogP contribution in [0.25, 0.3) is 17.4 Å². The Kier molecular flexibility index (Phi) is 17.7. The Balaban J connectivity index is 1.74. The first kappa shape index (κ1) is 33.9. The molecule has 2 rings (SSSR count). The molecule has 224 valence electrons. The molecule has 0 atom stereocenters. The molecule has 6 heteroatoms. The summed E-state index contributed by atoms with van der Waals surface area (Å²) >= 11 is 0. The molecule has 0 saturated heterocycles. The van der Waals surface area contributed by atoms with Gasteiger partial charge in [-0.1, -0.05) is 116 Å². The van der Waals surface area contributed by atoms with E-state index in [-0.39, 0.29) is 11.5 Å². The van der Waals surface area contributed by atoms with E-state index in [0.717, 1.165) is 37.7 Å². The van der Waals surface area contributed by atoms with Crippen LogP contribution < -0.4 is 0 Å². The Morgan fingerprint density at radius 1 is 0.707 bits per heavy atom. The number of furan rings is 1. The number of carbonyl (C=O) groups excluding carboxylic acids is 2. The first-order valence-corrected chi connectivity index (χ1v) is 15.7. The highest BCUT2D eigenvalue weighted by molar-refractivity contribution is 5.97. The van der Waals surface area contributed by atoms with Crippen molar-refractivity contribution in [1.82, 2.24) is 0 Å². The van der Waals surface area contributed by atoms with Gasteiger partial charge in [-0.05, 0) is 37.1 Å². The summed E-state index contributed by atoms with van der Waals surface area (Å²) in [5.74, 6) is -0.0101. The average Bonchev–Trinajstić information content (AvgIpc) is 3.46. The smallest absolute Gasteiger partial charge is 0.349 e. The first-order valence-electron chi connectivity index (χ1n) is 15.7. The number of rotatable bonds is 22. The maximum absolute atomic E-state index is 12.4. The van der Waals surface area contributed by atoms with Gasteiger partial charge in [0, 0.05) is 11.6 Å². The quantitative estimate of drug-likeness (QED) is 0.0613. The molecule has 0 aliphatic heterocycles. The van der Waals surface area contributed by atoms with Crippen molar-refractivity contribution in [2.75, 3.05) is 13.2 Å². The van der Waals surface area contributed by atoms with Crippen LogP contribution in [-0.4, -0.2) is 25.2 Å². The minimum Gasteiger partial charge on any atom is -0.462 e. The van der Waals surface area contributed by atoms with Gasteiger partial charge in [-0.25, -0.2) is 9.59 Å². The van der Waals surface area contributed by atoms with Crippen LogP contribution >= 0.6 is 0 Å². The number of esters is 2. The van der Waals surface area contributed by atoms with E-state index in [1.54, 1.807) is 36.4 Å². The molecular weight excluding hydrogens is 514 g/mol. The van der Waals surface area contributed by atoms with E-state index in [0.29, 0.717) is 30.3 Å². The maximum Gasteiger partial charge on any atom is 0.349 e. The molecule has 2 aromatic rings. The van der Waals surface area contributed by atoms with Gasteiger partial charge in [0.2, 0.25) is 0 Å². The van der Waals surface area contributed by atoms with Crippen LogP contribution in [0.3, 0.4) is 0 Å². The molecule has 41 heavy (non-hydrogen) atoms. The molecule has 0 fully saturated rings. The number of ether oxygens (including phenoxy) is 2. The summed E-state index contributed by atoms with van der Waals surface area (Å²) in [5.41, 5.74) is 1.17. The summed E-state index contributed by atoms with van der Waals surface area (Å²) in [6.45, 7) is 5.18. The van der Waals surface area contributed by atoms with Crippen LogP contribution in [-0.2, 0) is 14.3 Å². The molecule has 0 radical (unpaired) electrons. The number of hydrogen-bond acceptors (Lipinski definition) is 6. The van der Waals surface area contributed by atoms with Crippen molar-refractivity contribution >= 4 is 18.0 Å². The topological polar surface area (TPSA) is 89.5 Å². The largest absolute Gasteiger partial charge is 0.462 e. The van der Waals surface area contributed by atoms with Gasteiger partial charge in [-0.2, -0.15) is 5.26 Å². The number of benzene rings is 1. The lowest BCUT2D eigenvalue weighted by Gasteiger charge is -2.06. The summed E-state index contributed by atoms with van der Waals surface area (Å²) in [7, 11) is 0. The highest BCUT2D eigenvalue weighted by Crippen LogP contribution is 2.24. The lowest BCUT2D eigenvalue weighted by atomic mass is 10.1. The zero-order valence-electron chi connectivity index (χ0n) is 25.3. The fraction of sp³-hybridized carbons (Fsp3) is 0.571. The zero-order chi connectivity index (χ0) is 29.5. The monoisotopic (exact) mass is 563 g/mol. The van der Waals surface area contributed by atoms with Gasteiger partial charge < -0.3 is 13.9 Å². The molecule has 0 aliphatic carbocycles. The minimum atomic E-state index is -0.636. The van der Waals surface area contributed by atoms with Crippen LogP contribution in [0.2, 0.25) is 0 Å². The number of unbranched alkanes of at least 4 members (excludes halogenated alkanes) is 14. The second-order valence-corrected chi connectivity index (χ2v) is 10.7. The van der Waals surface area contributed by atoms with Crippen molar-refractivity contribution in [3.05, 3.63) is 53.3 Å². The third kappa shape index (κ3) is 14.2. The Morgan fingerprint density at radius 2 is 1.22 bits per heavy atom. The molecule has 0 N–H and O–H groups in total. The Bertz CT molecular complexity index is 1080. The number of hydrogen-bond donors (Lipinski definition) is 0. The second kappa shape index (κ2) is 21.4. The predicted molar refractivity (Wildman–Crippen MR) is 164 cm³/mol. The molecule has 0 amide bonds. The maximum atomic E-state index is 12.4. The van der Waals surface area contributed by atoms with Gasteiger partial charge >= 0.3 is 11.9 Å². The van der Waals surface area contributed by atoms with E-state index >= 15 is 0 Å². The van der Waals surface area contributed by atoms with E-state index in [9.17, 15) is 14.9 Å². The summed E-state index contributed by atoms with van der Waals surface area (Å²) in [6, 6.07) is 12.4. The van der Waals surface area contributed by atoms with Gasteiger partial charge in [-0.15, -0.1) is 0 Å². The van der Waals surface area contributed by atoms with Gasteiger partial charge in [-0.3, -0.25) is 0 Å². The number of nitrogens with zero attached hydrogens (tertiary/aromatic N) is 1. The van der Waals surface area contributed by atoms with Crippen molar-refractivity contribution in [2.45, 2.75) is 117 Å². The molecule has 1 heterocycles. The van der Waals surface area contributed by atoms with Gasteiger partial charge in [0.25, 0.3) is 0 Å². The van der Waals surface area contributed by atoms with Gasteiger partial charge in [0.15, 0.2) is 0 Å². The van der Waals surface area contributed by atoms with Crippen molar-refractivity contribution in [2.24, 2.45) is 0 Å². The number of carbonyl (C=O) groups is 2. The van der Waals surface area contributed by atoms with Crippen LogP contribution in [0, 0.1) is 11.3 Å². The summed E-state index contributed by atoms with van der Waals surface area (Å²) in [4.78, 5) is 24.7.